The molecular formula is C30H27N5O3S. The molecule has 0 bridgehead atoms. The van der Waals surface area contributed by atoms with Crippen molar-refractivity contribution in [2.75, 3.05) is 19.5 Å². The molecule has 3 aromatic carbocycles. The lowest BCUT2D eigenvalue weighted by Gasteiger charge is -2.10. The van der Waals surface area contributed by atoms with Crippen LogP contribution in [0.1, 0.15) is 28.5 Å². The van der Waals surface area contributed by atoms with Crippen molar-refractivity contribution in [1.29, 1.82) is 0 Å². The minimum absolute atomic E-state index is 0.242. The number of rotatable bonds is 6. The average Bonchev–Trinajstić information content (AvgIpc) is 3.32. The highest BCUT2D eigenvalue weighted by atomic mass is 32.1. The molecule has 0 amide bonds. The van der Waals surface area contributed by atoms with E-state index in [1.165, 1.54) is 11.3 Å². The van der Waals surface area contributed by atoms with Gasteiger partial charge in [-0.15, -0.1) is 0 Å². The summed E-state index contributed by atoms with van der Waals surface area (Å²) in [7, 11) is 1.63. The molecule has 0 atom stereocenters. The van der Waals surface area contributed by atoms with Crippen LogP contribution in [-0.4, -0.2) is 35.1 Å². The van der Waals surface area contributed by atoms with Gasteiger partial charge in [-0.3, -0.25) is 4.57 Å². The summed E-state index contributed by atoms with van der Waals surface area (Å²) in [5.41, 5.74) is 10.7. The number of aromatic nitrogens is 2. The van der Waals surface area contributed by atoms with E-state index in [2.05, 4.69) is 0 Å². The first kappa shape index (κ1) is 25.9. The third kappa shape index (κ3) is 5.30. The molecule has 0 fully saturated rings. The summed E-state index contributed by atoms with van der Waals surface area (Å²) in [5.74, 6) is 0.739. The fourth-order valence-corrected chi connectivity index (χ4v) is 5.17. The number of anilines is 1. The van der Waals surface area contributed by atoms with Gasteiger partial charge in [0.1, 0.15) is 11.3 Å². The molecule has 9 heteroatoms. The second kappa shape index (κ2) is 11.3. The van der Waals surface area contributed by atoms with E-state index in [4.69, 9.17) is 30.2 Å². The molecule has 0 aliphatic rings. The van der Waals surface area contributed by atoms with E-state index in [1.54, 1.807) is 21.0 Å². The Morgan fingerprint density at radius 3 is 2.31 bits per heavy atom. The smallest absolute Gasteiger partial charge is 0.342 e. The lowest BCUT2D eigenvalue weighted by Crippen LogP contribution is -2.17. The fraction of sp³-hybridized carbons (Fsp3) is 0.133. The Bertz CT molecular complexity index is 1720. The number of hydrogen-bond acceptors (Lipinski definition) is 7. The van der Waals surface area contributed by atoms with Crippen molar-refractivity contribution < 1.29 is 14.3 Å². The van der Waals surface area contributed by atoms with Crippen molar-refractivity contribution in [2.24, 2.45) is 9.98 Å². The van der Waals surface area contributed by atoms with Crippen LogP contribution >= 0.6 is 11.3 Å². The van der Waals surface area contributed by atoms with E-state index in [0.29, 0.717) is 32.4 Å². The SMILES string of the molecule is CCOC(=O)c1c(C)nc2c(sc(=NC(=Nc3ccccc3)c3ccc(OC)cc3)n2-c2ccccc2)c1N. The third-order valence-corrected chi connectivity index (χ3v) is 7.05. The number of aliphatic imine (C=N–C) groups is 1. The normalized spacial score (nSPS) is 12.1. The van der Waals surface area contributed by atoms with Gasteiger partial charge in [-0.25, -0.2) is 19.8 Å². The fourth-order valence-electron chi connectivity index (χ4n) is 4.13. The number of carbonyl (C=O) groups is 1. The number of thiazole rings is 1. The van der Waals surface area contributed by atoms with Gasteiger partial charge in [0, 0.05) is 11.3 Å². The number of ether oxygens (including phenoxy) is 2. The molecule has 39 heavy (non-hydrogen) atoms. The van der Waals surface area contributed by atoms with Gasteiger partial charge in [0.25, 0.3) is 0 Å². The van der Waals surface area contributed by atoms with Gasteiger partial charge in [0.15, 0.2) is 16.3 Å². The maximum Gasteiger partial charge on any atom is 0.342 e. The highest BCUT2D eigenvalue weighted by Crippen LogP contribution is 2.30. The third-order valence-electron chi connectivity index (χ3n) is 5.98. The van der Waals surface area contributed by atoms with Crippen LogP contribution in [-0.2, 0) is 4.74 Å². The highest BCUT2D eigenvalue weighted by Gasteiger charge is 2.22. The van der Waals surface area contributed by atoms with E-state index in [1.807, 2.05) is 89.5 Å². The molecular weight excluding hydrogens is 510 g/mol. The number of esters is 1. The Morgan fingerprint density at radius 1 is 1.00 bits per heavy atom. The van der Waals surface area contributed by atoms with Gasteiger partial charge in [-0.1, -0.05) is 47.7 Å². The van der Waals surface area contributed by atoms with Crippen molar-refractivity contribution in [3.8, 4) is 11.4 Å². The number of benzene rings is 3. The molecule has 196 valence electrons. The van der Waals surface area contributed by atoms with Crippen molar-refractivity contribution in [3.63, 3.8) is 0 Å². The van der Waals surface area contributed by atoms with Gasteiger partial charge in [0.05, 0.1) is 35.5 Å². The predicted octanol–water partition coefficient (Wildman–Crippen LogP) is 5.84. The largest absolute Gasteiger partial charge is 0.497 e. The topological polar surface area (TPSA) is 104 Å². The number of carbonyl (C=O) groups excluding carboxylic acids is 1. The van der Waals surface area contributed by atoms with Crippen molar-refractivity contribution in [1.82, 2.24) is 9.55 Å². The Balaban J connectivity index is 1.82. The van der Waals surface area contributed by atoms with Crippen LogP contribution in [0.5, 0.6) is 5.75 Å². The number of aryl methyl sites for hydroxylation is 1. The van der Waals surface area contributed by atoms with Gasteiger partial charge < -0.3 is 15.2 Å². The summed E-state index contributed by atoms with van der Waals surface area (Å²) in [6.45, 7) is 3.76. The number of fused-ring (bicyclic) bond motifs is 1. The quantitative estimate of drug-likeness (QED) is 0.166. The van der Waals surface area contributed by atoms with Crippen LogP contribution in [0.15, 0.2) is 94.9 Å². The zero-order valence-electron chi connectivity index (χ0n) is 21.8. The molecule has 2 heterocycles. The minimum Gasteiger partial charge on any atom is -0.497 e. The van der Waals surface area contributed by atoms with Crippen LogP contribution in [0, 0.1) is 6.92 Å². The van der Waals surface area contributed by atoms with Crippen molar-refractivity contribution in [3.05, 3.63) is 107 Å². The van der Waals surface area contributed by atoms with E-state index >= 15 is 0 Å². The zero-order chi connectivity index (χ0) is 27.4. The molecule has 0 aliphatic carbocycles. The molecule has 2 N–H and O–H groups in total. The highest BCUT2D eigenvalue weighted by molar-refractivity contribution is 7.17. The molecule has 0 saturated heterocycles. The van der Waals surface area contributed by atoms with Crippen molar-refractivity contribution >= 4 is 44.9 Å². The second-order valence-electron chi connectivity index (χ2n) is 8.53. The van der Waals surface area contributed by atoms with Gasteiger partial charge in [-0.2, -0.15) is 0 Å². The maximum absolute atomic E-state index is 12.7. The summed E-state index contributed by atoms with van der Waals surface area (Å²) in [6.07, 6.45) is 0. The first-order chi connectivity index (χ1) is 19.0. The molecule has 5 aromatic rings. The van der Waals surface area contributed by atoms with Crippen LogP contribution in [0.25, 0.3) is 16.0 Å². The van der Waals surface area contributed by atoms with E-state index in [-0.39, 0.29) is 12.2 Å². The Labute approximate surface area is 229 Å². The Morgan fingerprint density at radius 2 is 1.67 bits per heavy atom. The maximum atomic E-state index is 12.7. The number of hydrogen-bond donors (Lipinski definition) is 1. The van der Waals surface area contributed by atoms with E-state index in [0.717, 1.165) is 22.7 Å². The zero-order valence-corrected chi connectivity index (χ0v) is 22.6. The van der Waals surface area contributed by atoms with Crippen LogP contribution in [0.4, 0.5) is 11.4 Å². The van der Waals surface area contributed by atoms with Gasteiger partial charge >= 0.3 is 5.97 Å². The summed E-state index contributed by atoms with van der Waals surface area (Å²) in [6, 6.07) is 27.0. The van der Waals surface area contributed by atoms with Crippen LogP contribution in [0.2, 0.25) is 0 Å². The number of para-hydroxylation sites is 2. The van der Waals surface area contributed by atoms with Crippen molar-refractivity contribution in [2.45, 2.75) is 13.8 Å². The first-order valence-electron chi connectivity index (χ1n) is 12.4. The number of pyridine rings is 1. The van der Waals surface area contributed by atoms with Gasteiger partial charge in [-0.05, 0) is 62.4 Å². The molecule has 0 radical (unpaired) electrons. The number of nitrogens with two attached hydrogens (primary N) is 1. The number of nitrogen functional groups attached to an aromatic ring is 1. The Kier molecular flexibility index (Phi) is 7.51. The first-order valence-corrected chi connectivity index (χ1v) is 13.2. The standard InChI is InChI=1S/C30H27N5O3S/c1-4-38-29(36)24-19(2)32-28-26(25(24)31)39-30(35(28)22-13-9-6-10-14-22)34-27(33-21-11-7-5-8-12-21)20-15-17-23(37-3)18-16-20/h5-18H,4H2,1-3H3,(H2,31,32). The summed E-state index contributed by atoms with van der Waals surface area (Å²) in [4.78, 5) is 28.0. The molecule has 0 unspecified atom stereocenters. The van der Waals surface area contributed by atoms with Crippen LogP contribution in [0.3, 0.4) is 0 Å². The lowest BCUT2D eigenvalue weighted by molar-refractivity contribution is 0.0526. The second-order valence-corrected chi connectivity index (χ2v) is 9.50. The summed E-state index contributed by atoms with van der Waals surface area (Å²) < 4.78 is 13.2. The predicted molar refractivity (Wildman–Crippen MR) is 155 cm³/mol. The molecule has 8 nitrogen and oxygen atoms in total. The van der Waals surface area contributed by atoms with E-state index in [9.17, 15) is 4.79 Å². The lowest BCUT2D eigenvalue weighted by atomic mass is 10.1. The van der Waals surface area contributed by atoms with Crippen LogP contribution < -0.4 is 15.3 Å². The van der Waals surface area contributed by atoms with Gasteiger partial charge in [0.2, 0.25) is 0 Å². The minimum atomic E-state index is -0.496. The molecule has 5 rings (SSSR count). The number of amidine groups is 1. The summed E-state index contributed by atoms with van der Waals surface area (Å²) >= 11 is 1.34. The molecule has 0 spiro atoms. The molecule has 0 saturated carbocycles. The number of methoxy groups -OCH3 is 1. The monoisotopic (exact) mass is 537 g/mol. The Hall–Kier alpha value is -4.76. The van der Waals surface area contributed by atoms with E-state index < -0.39 is 5.97 Å². The molecule has 0 aliphatic heterocycles. The molecule has 2 aromatic heterocycles. The number of nitrogens with zero attached hydrogens (tertiary/aromatic N) is 4. The average molecular weight is 538 g/mol. The summed E-state index contributed by atoms with van der Waals surface area (Å²) in [5, 5.41) is 0.